The van der Waals surface area contributed by atoms with Gasteiger partial charge in [0.25, 0.3) is 5.91 Å². The SMILES string of the molecule is CC(C)n1ncc(C(=O)Nc2cccc(N3CCN(CC4CC4)CC3)c2)c1C(F)(F)F. The largest absolute Gasteiger partial charge is 0.433 e. The molecule has 2 aliphatic rings. The molecule has 1 aromatic carbocycles. The fourth-order valence-electron chi connectivity index (χ4n) is 4.04. The van der Waals surface area contributed by atoms with Crippen molar-refractivity contribution in [1.29, 1.82) is 0 Å². The van der Waals surface area contributed by atoms with Crippen molar-refractivity contribution in [3.8, 4) is 0 Å². The van der Waals surface area contributed by atoms with Crippen LogP contribution in [-0.4, -0.2) is 53.3 Å². The Kier molecular flexibility index (Phi) is 5.96. The Morgan fingerprint density at radius 2 is 1.90 bits per heavy atom. The van der Waals surface area contributed by atoms with Gasteiger partial charge in [-0.2, -0.15) is 18.3 Å². The van der Waals surface area contributed by atoms with E-state index in [1.54, 1.807) is 19.9 Å². The fraction of sp³-hybridized carbons (Fsp3) is 0.545. The highest BCUT2D eigenvalue weighted by atomic mass is 19.4. The summed E-state index contributed by atoms with van der Waals surface area (Å²) in [6, 6.07) is 6.76. The number of nitrogens with one attached hydrogen (secondary N) is 1. The van der Waals surface area contributed by atoms with E-state index in [1.807, 2.05) is 18.2 Å². The zero-order chi connectivity index (χ0) is 22.2. The molecule has 1 aliphatic heterocycles. The van der Waals surface area contributed by atoms with Gasteiger partial charge < -0.3 is 10.2 Å². The monoisotopic (exact) mass is 435 g/mol. The first-order chi connectivity index (χ1) is 14.7. The highest BCUT2D eigenvalue weighted by Gasteiger charge is 2.40. The van der Waals surface area contributed by atoms with Gasteiger partial charge in [0.2, 0.25) is 0 Å². The summed E-state index contributed by atoms with van der Waals surface area (Å²) in [5.74, 6) is 0.0531. The van der Waals surface area contributed by atoms with E-state index >= 15 is 0 Å². The number of anilines is 2. The van der Waals surface area contributed by atoms with Crippen molar-refractivity contribution < 1.29 is 18.0 Å². The molecule has 0 bridgehead atoms. The van der Waals surface area contributed by atoms with Crippen LogP contribution in [0.25, 0.3) is 0 Å². The highest BCUT2D eigenvalue weighted by molar-refractivity contribution is 6.05. The summed E-state index contributed by atoms with van der Waals surface area (Å²) in [7, 11) is 0. The van der Waals surface area contributed by atoms with Gasteiger partial charge in [-0.15, -0.1) is 0 Å². The van der Waals surface area contributed by atoms with Crippen LogP contribution in [0.4, 0.5) is 24.5 Å². The quantitative estimate of drug-likeness (QED) is 0.737. The Morgan fingerprint density at radius 1 is 1.19 bits per heavy atom. The van der Waals surface area contributed by atoms with Crippen LogP contribution in [0, 0.1) is 5.92 Å². The average Bonchev–Trinajstić information content (AvgIpc) is 3.40. The van der Waals surface area contributed by atoms with Crippen molar-refractivity contribution in [2.45, 2.75) is 38.9 Å². The molecule has 0 unspecified atom stereocenters. The number of amides is 1. The first-order valence-corrected chi connectivity index (χ1v) is 10.8. The molecule has 9 heteroatoms. The summed E-state index contributed by atoms with van der Waals surface area (Å²) in [5.41, 5.74) is -0.0747. The zero-order valence-electron chi connectivity index (χ0n) is 17.8. The Bertz CT molecular complexity index is 927. The Labute approximate surface area is 180 Å². The molecule has 1 N–H and O–H groups in total. The van der Waals surface area contributed by atoms with Gasteiger partial charge in [0.05, 0.1) is 11.8 Å². The van der Waals surface area contributed by atoms with E-state index in [1.165, 1.54) is 19.4 Å². The van der Waals surface area contributed by atoms with Crippen LogP contribution in [-0.2, 0) is 6.18 Å². The summed E-state index contributed by atoms with van der Waals surface area (Å²) in [6.45, 7) is 8.14. The molecule has 1 saturated carbocycles. The molecule has 1 aromatic heterocycles. The van der Waals surface area contributed by atoms with E-state index in [4.69, 9.17) is 0 Å². The first kappa shape index (κ1) is 21.7. The van der Waals surface area contributed by atoms with Crippen LogP contribution < -0.4 is 10.2 Å². The van der Waals surface area contributed by atoms with Crippen molar-refractivity contribution in [3.63, 3.8) is 0 Å². The minimum Gasteiger partial charge on any atom is -0.369 e. The van der Waals surface area contributed by atoms with Crippen molar-refractivity contribution in [1.82, 2.24) is 14.7 Å². The Balaban J connectivity index is 1.45. The minimum absolute atomic E-state index is 0.466. The van der Waals surface area contributed by atoms with E-state index in [-0.39, 0.29) is 0 Å². The van der Waals surface area contributed by atoms with E-state index in [2.05, 4.69) is 20.2 Å². The van der Waals surface area contributed by atoms with Gasteiger partial charge in [0.1, 0.15) is 0 Å². The van der Waals surface area contributed by atoms with Crippen LogP contribution >= 0.6 is 0 Å². The van der Waals surface area contributed by atoms with Gasteiger partial charge in [-0.05, 0) is 50.8 Å². The lowest BCUT2D eigenvalue weighted by atomic mass is 10.2. The molecule has 4 rings (SSSR count). The van der Waals surface area contributed by atoms with Gasteiger partial charge in [-0.3, -0.25) is 14.4 Å². The van der Waals surface area contributed by atoms with Gasteiger partial charge >= 0.3 is 6.18 Å². The number of aromatic nitrogens is 2. The molecule has 1 amide bonds. The van der Waals surface area contributed by atoms with E-state index < -0.39 is 29.4 Å². The summed E-state index contributed by atoms with van der Waals surface area (Å²) in [5, 5.41) is 6.41. The van der Waals surface area contributed by atoms with Gasteiger partial charge in [-0.1, -0.05) is 6.07 Å². The van der Waals surface area contributed by atoms with E-state index in [0.29, 0.717) is 5.69 Å². The number of nitrogens with zero attached hydrogens (tertiary/aromatic N) is 4. The van der Waals surface area contributed by atoms with E-state index in [0.717, 1.165) is 48.7 Å². The first-order valence-electron chi connectivity index (χ1n) is 10.8. The minimum atomic E-state index is -4.67. The standard InChI is InChI=1S/C22H28F3N5O/c1-15(2)30-20(22(23,24)25)19(13-26-30)21(31)27-17-4-3-5-18(12-17)29-10-8-28(9-11-29)14-16-6-7-16/h3-5,12-13,15-16H,6-11,14H2,1-2H3,(H,27,31). The fourth-order valence-corrected chi connectivity index (χ4v) is 4.04. The molecule has 0 radical (unpaired) electrons. The van der Waals surface area contributed by atoms with Crippen molar-refractivity contribution >= 4 is 17.3 Å². The lowest BCUT2D eigenvalue weighted by Crippen LogP contribution is -2.47. The number of piperazine rings is 1. The predicted octanol–water partition coefficient (Wildman–Crippen LogP) is 4.27. The molecule has 6 nitrogen and oxygen atoms in total. The maximum Gasteiger partial charge on any atom is 0.433 e. The number of carbonyl (C=O) groups excluding carboxylic acids is 1. The smallest absolute Gasteiger partial charge is 0.369 e. The number of benzene rings is 1. The number of hydrogen-bond donors (Lipinski definition) is 1. The normalized spacial score (nSPS) is 17.9. The molecule has 2 aromatic rings. The summed E-state index contributed by atoms with van der Waals surface area (Å²) in [6.07, 6.45) is -1.00. The molecule has 0 spiro atoms. The Morgan fingerprint density at radius 3 is 2.52 bits per heavy atom. The molecule has 31 heavy (non-hydrogen) atoms. The third kappa shape index (κ3) is 5.03. The zero-order valence-corrected chi connectivity index (χ0v) is 17.8. The summed E-state index contributed by atoms with van der Waals surface area (Å²) in [4.78, 5) is 17.4. The van der Waals surface area contributed by atoms with Gasteiger partial charge in [0.15, 0.2) is 5.69 Å². The van der Waals surface area contributed by atoms with Crippen LogP contribution in [0.2, 0.25) is 0 Å². The second kappa shape index (κ2) is 8.53. The summed E-state index contributed by atoms with van der Waals surface area (Å²) < 4.78 is 41.6. The third-order valence-electron chi connectivity index (χ3n) is 5.85. The second-order valence-corrected chi connectivity index (χ2v) is 8.68. The number of rotatable bonds is 6. The Hall–Kier alpha value is -2.55. The highest BCUT2D eigenvalue weighted by Crippen LogP contribution is 2.34. The molecular formula is C22H28F3N5O. The number of carbonyl (C=O) groups is 1. The number of alkyl halides is 3. The van der Waals surface area contributed by atoms with Crippen molar-refractivity contribution in [3.05, 3.63) is 41.7 Å². The molecule has 1 saturated heterocycles. The maximum atomic E-state index is 13.6. The topological polar surface area (TPSA) is 53.4 Å². The van der Waals surface area contributed by atoms with E-state index in [9.17, 15) is 18.0 Å². The lowest BCUT2D eigenvalue weighted by Gasteiger charge is -2.36. The molecule has 2 fully saturated rings. The van der Waals surface area contributed by atoms with Gasteiger partial charge in [-0.25, -0.2) is 0 Å². The summed E-state index contributed by atoms with van der Waals surface area (Å²) >= 11 is 0. The number of hydrogen-bond acceptors (Lipinski definition) is 4. The maximum absolute atomic E-state index is 13.6. The molecule has 168 valence electrons. The molecule has 0 atom stereocenters. The lowest BCUT2D eigenvalue weighted by molar-refractivity contribution is -0.145. The molecule has 1 aliphatic carbocycles. The molecule has 2 heterocycles. The molecular weight excluding hydrogens is 407 g/mol. The average molecular weight is 435 g/mol. The van der Waals surface area contributed by atoms with Crippen molar-refractivity contribution in [2.24, 2.45) is 5.92 Å². The van der Waals surface area contributed by atoms with Crippen LogP contribution in [0.3, 0.4) is 0 Å². The van der Waals surface area contributed by atoms with Crippen LogP contribution in [0.1, 0.15) is 48.8 Å². The van der Waals surface area contributed by atoms with Crippen LogP contribution in [0.15, 0.2) is 30.5 Å². The number of halogens is 3. The predicted molar refractivity (Wildman–Crippen MR) is 113 cm³/mol. The second-order valence-electron chi connectivity index (χ2n) is 8.68. The van der Waals surface area contributed by atoms with Gasteiger partial charge in [0, 0.05) is 50.1 Å². The third-order valence-corrected chi connectivity index (χ3v) is 5.85. The van der Waals surface area contributed by atoms with Crippen LogP contribution in [0.5, 0.6) is 0 Å². The van der Waals surface area contributed by atoms with Crippen molar-refractivity contribution in [2.75, 3.05) is 42.9 Å².